The molecule has 0 saturated carbocycles. The van der Waals surface area contributed by atoms with Gasteiger partial charge in [0, 0.05) is 0 Å². The average molecular weight is 446 g/mol. The van der Waals surface area contributed by atoms with Crippen LogP contribution in [0.3, 0.4) is 0 Å². The number of hydrogen-bond donors (Lipinski definition) is 0. The summed E-state index contributed by atoms with van der Waals surface area (Å²) in [4.78, 5) is 51.3. The first-order chi connectivity index (χ1) is 4.00. The third kappa shape index (κ3) is 138. The van der Waals surface area contributed by atoms with Crippen molar-refractivity contribution in [1.82, 2.24) is 0 Å². The molecule has 0 amide bonds. The number of hydrogen-bond acceptors (Lipinski definition) is 8. The quantitative estimate of drug-likeness (QED) is 0.261. The molecule has 0 N–H and O–H groups in total. The van der Waals surface area contributed by atoms with Crippen molar-refractivity contribution in [3.05, 3.63) is 0 Å². The molecule has 0 heterocycles. The zero-order valence-corrected chi connectivity index (χ0v) is 22.5. The molecule has 0 rings (SSSR count). The van der Waals surface area contributed by atoms with Crippen molar-refractivity contribution in [3.63, 3.8) is 0 Å². The van der Waals surface area contributed by atoms with Crippen molar-refractivity contribution < 1.29 is 228 Å². The van der Waals surface area contributed by atoms with Crippen molar-refractivity contribution in [1.29, 1.82) is 0 Å². The molecule has 0 saturated heterocycles. The first kappa shape index (κ1) is 37.0. The van der Waals surface area contributed by atoms with E-state index < -0.39 is 15.6 Å². The zero-order valence-electron chi connectivity index (χ0n) is 7.74. The van der Waals surface area contributed by atoms with Crippen LogP contribution in [0, 0.1) is 35.6 Å². The van der Waals surface area contributed by atoms with Gasteiger partial charge in [0.05, 0.1) is 0 Å². The number of phosphoric acid groups is 2. The molecule has 0 fully saturated rings. The summed E-state index contributed by atoms with van der Waals surface area (Å²) in [7, 11) is -10.8. The Morgan fingerprint density at radius 1 is 0.571 bits per heavy atom. The van der Waals surface area contributed by atoms with Crippen molar-refractivity contribution >= 4 is 15.6 Å². The summed E-state index contributed by atoms with van der Waals surface area (Å²) in [5.74, 6) is 0. The summed E-state index contributed by atoms with van der Waals surface area (Å²) < 4.78 is 17.1. The van der Waals surface area contributed by atoms with Gasteiger partial charge in [-0.05, 0) is 0 Å². The van der Waals surface area contributed by atoms with E-state index in [0.29, 0.717) is 0 Å². The first-order valence-electron chi connectivity index (χ1n) is 1.46. The third-order valence-corrected chi connectivity index (χ3v) is 0. The largest absolute Gasteiger partial charge is 3.00 e. The molecule has 0 aliphatic rings. The van der Waals surface area contributed by atoms with Crippen LogP contribution in [0.4, 0.5) is 0 Å². The van der Waals surface area contributed by atoms with Gasteiger partial charge in [0.15, 0.2) is 0 Å². The van der Waals surface area contributed by atoms with Crippen LogP contribution in [0.5, 0.6) is 0 Å². The van der Waals surface area contributed by atoms with Gasteiger partial charge in [-0.15, -0.1) is 0 Å². The van der Waals surface area contributed by atoms with Gasteiger partial charge in [-0.25, -0.2) is 0 Å². The average Bonchev–Trinajstić information content (AvgIpc) is 1.12. The van der Waals surface area contributed by atoms with Gasteiger partial charge in [0.1, 0.15) is 0 Å². The standard InChI is InChI=1S/3K.La.2H3O4P/c;;;;2*1-5(2,3)4/h;;;;2*(H3,1,2,3,4)/q3*+1;+3;;/p-6. The van der Waals surface area contributed by atoms with Crippen LogP contribution >= 0.6 is 15.6 Å². The van der Waals surface area contributed by atoms with Crippen LogP contribution in [0.25, 0.3) is 0 Å². The Kier molecular flexibility index (Phi) is 51.1. The monoisotopic (exact) mass is 446 g/mol. The van der Waals surface area contributed by atoms with E-state index in [9.17, 15) is 0 Å². The Balaban J connectivity index is -0.0000000178. The normalized spacial score (nSPS) is 8.43. The molecule has 14 heavy (non-hydrogen) atoms. The van der Waals surface area contributed by atoms with Gasteiger partial charge in [-0.3, -0.25) is 0 Å². The van der Waals surface area contributed by atoms with E-state index in [1.165, 1.54) is 0 Å². The fraction of sp³-hybridized carbons (Fsp3) is 0. The van der Waals surface area contributed by atoms with E-state index in [0.717, 1.165) is 0 Å². The first-order valence-corrected chi connectivity index (χ1v) is 4.38. The molecule has 0 radical (unpaired) electrons. The van der Waals surface area contributed by atoms with Crippen molar-refractivity contribution in [3.8, 4) is 0 Å². The van der Waals surface area contributed by atoms with Crippen LogP contribution in [0.2, 0.25) is 0 Å². The molecule has 8 nitrogen and oxygen atoms in total. The molecule has 0 aliphatic heterocycles. The molecule has 64 valence electrons. The van der Waals surface area contributed by atoms with Crippen LogP contribution in [0.15, 0.2) is 0 Å². The van der Waals surface area contributed by atoms with Crippen molar-refractivity contribution in [2.45, 2.75) is 0 Å². The second-order valence-corrected chi connectivity index (χ2v) is 2.68. The molecular formula is K3LaO8P2. The Hall–Kier alpha value is 6.32. The predicted octanol–water partition coefficient (Wildman–Crippen LogP) is -14.6. The summed E-state index contributed by atoms with van der Waals surface area (Å²) in [6.07, 6.45) is 0. The molecule has 0 unspecified atom stereocenters. The van der Waals surface area contributed by atoms with Crippen LogP contribution in [0.1, 0.15) is 0 Å². The third-order valence-electron chi connectivity index (χ3n) is 0. The van der Waals surface area contributed by atoms with E-state index in [1.54, 1.807) is 0 Å². The maximum atomic E-state index is 8.55. The molecular weight excluding hydrogens is 446 g/mol. The summed E-state index contributed by atoms with van der Waals surface area (Å²) in [6.45, 7) is 0. The smallest absolute Gasteiger partial charge is 0.822 e. The van der Waals surface area contributed by atoms with Gasteiger partial charge < -0.3 is 38.5 Å². The second-order valence-electron chi connectivity index (χ2n) is 0.894. The van der Waals surface area contributed by atoms with E-state index >= 15 is 0 Å². The fourth-order valence-electron chi connectivity index (χ4n) is 0. The minimum absolute atomic E-state index is 0. The predicted molar refractivity (Wildman–Crippen MR) is 15.2 cm³/mol. The van der Waals surface area contributed by atoms with Gasteiger partial charge >= 0.3 is 190 Å². The van der Waals surface area contributed by atoms with Gasteiger partial charge in [-0.1, -0.05) is 0 Å². The van der Waals surface area contributed by atoms with Crippen molar-refractivity contribution in [2.24, 2.45) is 0 Å². The van der Waals surface area contributed by atoms with Crippen LogP contribution < -0.4 is 184 Å². The maximum absolute atomic E-state index is 8.55. The maximum Gasteiger partial charge on any atom is 3.00 e. The molecule has 0 spiro atoms. The molecule has 0 atom stereocenters. The Morgan fingerprint density at radius 2 is 0.571 bits per heavy atom. The molecule has 0 aromatic heterocycles. The minimum atomic E-state index is -5.39. The van der Waals surface area contributed by atoms with Gasteiger partial charge in [0.2, 0.25) is 0 Å². The molecule has 0 aromatic rings. The zero-order chi connectivity index (χ0) is 9.00. The van der Waals surface area contributed by atoms with Crippen molar-refractivity contribution in [2.75, 3.05) is 0 Å². The molecule has 0 aliphatic carbocycles. The van der Waals surface area contributed by atoms with Gasteiger partial charge in [-0.2, -0.15) is 15.6 Å². The van der Waals surface area contributed by atoms with Crippen LogP contribution in [-0.2, 0) is 9.13 Å². The summed E-state index contributed by atoms with van der Waals surface area (Å²) >= 11 is 0. The number of rotatable bonds is 0. The fourth-order valence-corrected chi connectivity index (χ4v) is 0. The van der Waals surface area contributed by atoms with Crippen LogP contribution in [-0.4, -0.2) is 0 Å². The molecule has 14 heteroatoms. The Labute approximate surface area is 236 Å². The molecule has 0 aromatic carbocycles. The van der Waals surface area contributed by atoms with Gasteiger partial charge in [0.25, 0.3) is 0 Å². The topological polar surface area (TPSA) is 172 Å². The second kappa shape index (κ2) is 19.3. The van der Waals surface area contributed by atoms with E-state index in [-0.39, 0.29) is 190 Å². The van der Waals surface area contributed by atoms with E-state index in [2.05, 4.69) is 0 Å². The Bertz CT molecular complexity index is 135. The van der Waals surface area contributed by atoms with E-state index in [1.807, 2.05) is 0 Å². The minimum Gasteiger partial charge on any atom is -0.822 e. The Morgan fingerprint density at radius 3 is 0.571 bits per heavy atom. The summed E-state index contributed by atoms with van der Waals surface area (Å²) in [6, 6.07) is 0. The summed E-state index contributed by atoms with van der Waals surface area (Å²) in [5.41, 5.74) is 0. The SMILES string of the molecule is O=P([O-])([O-])[O-].O=P([O-])([O-])[O-].[K+].[K+].[K+].[La+3]. The van der Waals surface area contributed by atoms with E-state index in [4.69, 9.17) is 38.5 Å². The molecule has 0 bridgehead atoms. The summed E-state index contributed by atoms with van der Waals surface area (Å²) in [5, 5.41) is 0.